The molecule has 17 heavy (non-hydrogen) atoms. The van der Waals surface area contributed by atoms with Crippen LogP contribution in [-0.4, -0.2) is 9.97 Å². The molecule has 2 heterocycles. The fraction of sp³-hybridized carbons (Fsp3) is 0. The van der Waals surface area contributed by atoms with Crippen LogP contribution in [0.3, 0.4) is 0 Å². The smallest absolute Gasteiger partial charge is 0.0886 e. The van der Waals surface area contributed by atoms with Crippen LogP contribution in [-0.2, 0) is 0 Å². The predicted molar refractivity (Wildman–Crippen MR) is 70.1 cm³/mol. The van der Waals surface area contributed by atoms with Crippen LogP contribution in [0.5, 0.6) is 0 Å². The molecule has 0 spiro atoms. The summed E-state index contributed by atoms with van der Waals surface area (Å²) >= 11 is 0. The molecule has 1 aromatic heterocycles. The Morgan fingerprint density at radius 1 is 0.706 bits per heavy atom. The lowest BCUT2D eigenvalue weighted by Crippen LogP contribution is -1.87. The fourth-order valence-corrected chi connectivity index (χ4v) is 1.32. The van der Waals surface area contributed by atoms with Crippen molar-refractivity contribution in [2.45, 2.75) is 0 Å². The van der Waals surface area contributed by atoms with Gasteiger partial charge in [0.25, 0.3) is 0 Å². The summed E-state index contributed by atoms with van der Waals surface area (Å²) in [5.74, 6) is 0. The predicted octanol–water partition coefficient (Wildman–Crippen LogP) is 2.80. The molecular weight excluding hydrogens is 210 g/mol. The Kier molecular flexibility index (Phi) is 4.06. The lowest BCUT2D eigenvalue weighted by molar-refractivity contribution is 1.20. The molecule has 3 heteroatoms. The quantitative estimate of drug-likeness (QED) is 0.746. The minimum atomic E-state index is 0.949. The van der Waals surface area contributed by atoms with Gasteiger partial charge in [0.15, 0.2) is 0 Å². The van der Waals surface area contributed by atoms with E-state index >= 15 is 0 Å². The minimum absolute atomic E-state index is 0.949. The molecule has 3 rings (SSSR count). The zero-order valence-electron chi connectivity index (χ0n) is 9.32. The number of fused-ring (bicyclic) bond motifs is 1. The first-order valence-corrected chi connectivity index (χ1v) is 5.37. The molecule has 1 aliphatic heterocycles. The molecule has 0 aliphatic carbocycles. The van der Waals surface area contributed by atoms with E-state index in [2.05, 4.69) is 15.3 Å². The number of hydrogen-bond donors (Lipinski definition) is 1. The molecule has 1 aromatic carbocycles. The minimum Gasteiger partial charge on any atom is -0.368 e. The Bertz CT molecular complexity index is 477. The third-order valence-corrected chi connectivity index (χ3v) is 2.09. The van der Waals surface area contributed by atoms with Gasteiger partial charge in [-0.1, -0.05) is 24.3 Å². The van der Waals surface area contributed by atoms with Gasteiger partial charge in [-0.3, -0.25) is 9.97 Å². The van der Waals surface area contributed by atoms with Crippen LogP contribution in [0.1, 0.15) is 0 Å². The van der Waals surface area contributed by atoms with Gasteiger partial charge < -0.3 is 5.32 Å². The number of rotatable bonds is 0. The average Bonchev–Trinajstić information content (AvgIpc) is 2.72. The van der Waals surface area contributed by atoms with Gasteiger partial charge in [0, 0.05) is 24.8 Å². The Morgan fingerprint density at radius 2 is 1.24 bits per heavy atom. The summed E-state index contributed by atoms with van der Waals surface area (Å²) in [6.07, 6.45) is 15.0. The van der Waals surface area contributed by atoms with Crippen molar-refractivity contribution in [3.8, 4) is 0 Å². The second kappa shape index (κ2) is 6.23. The van der Waals surface area contributed by atoms with Gasteiger partial charge >= 0.3 is 0 Å². The molecule has 1 N–H and O–H groups in total. The molecule has 0 saturated carbocycles. The van der Waals surface area contributed by atoms with E-state index in [1.54, 1.807) is 12.4 Å². The summed E-state index contributed by atoms with van der Waals surface area (Å²) in [6, 6.07) is 7.80. The molecule has 2 aromatic rings. The number of benzene rings is 1. The van der Waals surface area contributed by atoms with Crippen molar-refractivity contribution in [2.75, 3.05) is 0 Å². The van der Waals surface area contributed by atoms with E-state index in [4.69, 9.17) is 0 Å². The molecule has 0 fully saturated rings. The van der Waals surface area contributed by atoms with Crippen LogP contribution in [0.2, 0.25) is 0 Å². The number of nitrogens with zero attached hydrogens (tertiary/aromatic N) is 2. The SMILES string of the molecule is C1=CC=CNC=C1.c1ccc2nccnc2c1. The van der Waals surface area contributed by atoms with Crippen LogP contribution in [0, 0.1) is 0 Å². The number of hydrogen-bond acceptors (Lipinski definition) is 3. The largest absolute Gasteiger partial charge is 0.368 e. The van der Waals surface area contributed by atoms with Crippen LogP contribution in [0.15, 0.2) is 73.4 Å². The summed E-state index contributed by atoms with van der Waals surface area (Å²) < 4.78 is 0. The molecule has 0 saturated heterocycles. The Hall–Kier alpha value is -2.42. The van der Waals surface area contributed by atoms with Crippen molar-refractivity contribution in [1.82, 2.24) is 15.3 Å². The average molecular weight is 223 g/mol. The summed E-state index contributed by atoms with van der Waals surface area (Å²) in [5.41, 5.74) is 1.90. The zero-order chi connectivity index (χ0) is 11.8. The molecular formula is C14H13N3. The summed E-state index contributed by atoms with van der Waals surface area (Å²) in [6.45, 7) is 0. The van der Waals surface area contributed by atoms with Crippen LogP contribution in [0.25, 0.3) is 11.0 Å². The maximum Gasteiger partial charge on any atom is 0.0886 e. The van der Waals surface area contributed by atoms with Crippen molar-refractivity contribution in [3.05, 3.63) is 73.4 Å². The summed E-state index contributed by atoms with van der Waals surface area (Å²) in [4.78, 5) is 8.24. The molecule has 84 valence electrons. The number of allylic oxidation sites excluding steroid dienone is 4. The standard InChI is InChI=1S/C8H6N2.C6H7N/c1-2-4-8-7(3-1)9-5-6-10-8;1-2-4-6-7-5-3-1/h1-6H;1-7H. The Balaban J connectivity index is 0.000000136. The molecule has 0 atom stereocenters. The molecule has 0 radical (unpaired) electrons. The highest BCUT2D eigenvalue weighted by atomic mass is 14.8. The lowest BCUT2D eigenvalue weighted by Gasteiger charge is -1.90. The van der Waals surface area contributed by atoms with Crippen molar-refractivity contribution in [3.63, 3.8) is 0 Å². The molecule has 0 amide bonds. The van der Waals surface area contributed by atoms with Gasteiger partial charge in [-0.25, -0.2) is 0 Å². The first kappa shape index (κ1) is 11.1. The van der Waals surface area contributed by atoms with Gasteiger partial charge in [-0.2, -0.15) is 0 Å². The van der Waals surface area contributed by atoms with Crippen molar-refractivity contribution >= 4 is 11.0 Å². The zero-order valence-corrected chi connectivity index (χ0v) is 9.32. The highest BCUT2D eigenvalue weighted by molar-refractivity contribution is 5.72. The van der Waals surface area contributed by atoms with Crippen LogP contribution < -0.4 is 5.32 Å². The van der Waals surface area contributed by atoms with E-state index in [0.717, 1.165) is 11.0 Å². The monoisotopic (exact) mass is 223 g/mol. The van der Waals surface area contributed by atoms with Crippen LogP contribution >= 0.6 is 0 Å². The van der Waals surface area contributed by atoms with Gasteiger partial charge in [0.05, 0.1) is 11.0 Å². The third-order valence-electron chi connectivity index (χ3n) is 2.09. The molecule has 0 unspecified atom stereocenters. The van der Waals surface area contributed by atoms with Gasteiger partial charge in [0.1, 0.15) is 0 Å². The summed E-state index contributed by atoms with van der Waals surface area (Å²) in [5, 5.41) is 2.92. The van der Waals surface area contributed by atoms with Gasteiger partial charge in [-0.05, 0) is 24.3 Å². The van der Waals surface area contributed by atoms with Crippen molar-refractivity contribution < 1.29 is 0 Å². The van der Waals surface area contributed by atoms with Gasteiger partial charge in [0.2, 0.25) is 0 Å². The first-order valence-electron chi connectivity index (χ1n) is 5.37. The molecule has 0 bridgehead atoms. The topological polar surface area (TPSA) is 37.8 Å². The van der Waals surface area contributed by atoms with Gasteiger partial charge in [-0.15, -0.1) is 0 Å². The van der Waals surface area contributed by atoms with E-state index in [9.17, 15) is 0 Å². The normalized spacial score (nSPS) is 12.5. The first-order chi connectivity index (χ1) is 8.47. The Morgan fingerprint density at radius 3 is 1.76 bits per heavy atom. The second-order valence-electron chi connectivity index (χ2n) is 3.31. The van der Waals surface area contributed by atoms with E-state index in [-0.39, 0.29) is 0 Å². The number of aromatic nitrogens is 2. The van der Waals surface area contributed by atoms with E-state index in [1.807, 2.05) is 61.0 Å². The molecule has 1 aliphatic rings. The third kappa shape index (κ3) is 3.57. The maximum absolute atomic E-state index is 4.12. The van der Waals surface area contributed by atoms with E-state index < -0.39 is 0 Å². The summed E-state index contributed by atoms with van der Waals surface area (Å²) in [7, 11) is 0. The highest BCUT2D eigenvalue weighted by Gasteiger charge is 1.88. The van der Waals surface area contributed by atoms with Crippen molar-refractivity contribution in [1.29, 1.82) is 0 Å². The fourth-order valence-electron chi connectivity index (χ4n) is 1.32. The van der Waals surface area contributed by atoms with E-state index in [1.165, 1.54) is 0 Å². The van der Waals surface area contributed by atoms with Crippen molar-refractivity contribution in [2.24, 2.45) is 0 Å². The number of nitrogens with one attached hydrogen (secondary N) is 1. The van der Waals surface area contributed by atoms with Crippen LogP contribution in [0.4, 0.5) is 0 Å². The number of para-hydroxylation sites is 2. The highest BCUT2D eigenvalue weighted by Crippen LogP contribution is 2.04. The second-order valence-corrected chi connectivity index (χ2v) is 3.31. The maximum atomic E-state index is 4.12. The Labute approximate surface area is 100 Å². The molecule has 3 nitrogen and oxygen atoms in total. The lowest BCUT2D eigenvalue weighted by atomic mass is 10.3. The van der Waals surface area contributed by atoms with E-state index in [0.29, 0.717) is 0 Å².